The minimum atomic E-state index is -0.0166. The molecule has 0 spiro atoms. The van der Waals surface area contributed by atoms with Gasteiger partial charge in [0.2, 0.25) is 0 Å². The molecule has 0 bridgehead atoms. The van der Waals surface area contributed by atoms with Crippen LogP contribution in [0.4, 0.5) is 5.69 Å². The summed E-state index contributed by atoms with van der Waals surface area (Å²) in [6.45, 7) is 3.95. The number of benzene rings is 2. The molecule has 0 aliphatic carbocycles. The largest absolute Gasteiger partial charge is 0.362 e. The van der Waals surface area contributed by atoms with E-state index in [1.165, 1.54) is 6.08 Å². The normalized spacial score (nSPS) is 10.8. The van der Waals surface area contributed by atoms with Crippen LogP contribution in [0.25, 0.3) is 0 Å². The van der Waals surface area contributed by atoms with Gasteiger partial charge in [-0.1, -0.05) is 41.4 Å². The molecule has 0 saturated heterocycles. The van der Waals surface area contributed by atoms with Gasteiger partial charge in [0.05, 0.1) is 0 Å². The summed E-state index contributed by atoms with van der Waals surface area (Å²) in [5.41, 5.74) is 3.71. The van der Waals surface area contributed by atoms with Crippen LogP contribution in [0.1, 0.15) is 21.5 Å². The Morgan fingerprint density at radius 1 is 1.15 bits per heavy atom. The van der Waals surface area contributed by atoms with Crippen LogP contribution in [-0.4, -0.2) is 5.78 Å². The predicted molar refractivity (Wildman–Crippen MR) is 84.5 cm³/mol. The van der Waals surface area contributed by atoms with Crippen LogP contribution in [0.2, 0.25) is 5.02 Å². The molecule has 0 atom stereocenters. The highest BCUT2D eigenvalue weighted by molar-refractivity contribution is 6.30. The van der Waals surface area contributed by atoms with Crippen molar-refractivity contribution in [1.29, 1.82) is 0 Å². The molecule has 3 heteroatoms. The molecule has 2 rings (SSSR count). The van der Waals surface area contributed by atoms with E-state index in [1.807, 2.05) is 44.2 Å². The maximum Gasteiger partial charge on any atom is 0.187 e. The van der Waals surface area contributed by atoms with Crippen molar-refractivity contribution in [2.75, 3.05) is 5.32 Å². The van der Waals surface area contributed by atoms with E-state index in [1.54, 1.807) is 18.3 Å². The van der Waals surface area contributed by atoms with E-state index in [-0.39, 0.29) is 5.78 Å². The van der Waals surface area contributed by atoms with Crippen molar-refractivity contribution in [2.24, 2.45) is 0 Å². The number of hydrogen-bond donors (Lipinski definition) is 1. The highest BCUT2D eigenvalue weighted by Gasteiger charge is 2.05. The third-order valence-electron chi connectivity index (χ3n) is 2.96. The van der Waals surface area contributed by atoms with E-state index in [0.29, 0.717) is 5.02 Å². The summed E-state index contributed by atoms with van der Waals surface area (Å²) in [4.78, 5) is 12.1. The summed E-state index contributed by atoms with van der Waals surface area (Å²) in [7, 11) is 0. The van der Waals surface area contributed by atoms with Gasteiger partial charge in [-0.25, -0.2) is 0 Å². The van der Waals surface area contributed by atoms with Crippen LogP contribution in [0, 0.1) is 13.8 Å². The van der Waals surface area contributed by atoms with E-state index in [0.717, 1.165) is 22.4 Å². The molecule has 0 unspecified atom stereocenters. The molecule has 20 heavy (non-hydrogen) atoms. The zero-order chi connectivity index (χ0) is 14.5. The first kappa shape index (κ1) is 14.4. The van der Waals surface area contributed by atoms with Gasteiger partial charge in [-0.3, -0.25) is 4.79 Å². The van der Waals surface area contributed by atoms with E-state index in [2.05, 4.69) is 5.32 Å². The van der Waals surface area contributed by atoms with Gasteiger partial charge < -0.3 is 5.32 Å². The lowest BCUT2D eigenvalue weighted by Gasteiger charge is -2.03. The second-order valence-electron chi connectivity index (χ2n) is 4.67. The molecule has 0 aromatic heterocycles. The molecule has 2 aromatic carbocycles. The van der Waals surface area contributed by atoms with E-state index in [9.17, 15) is 4.79 Å². The zero-order valence-corrected chi connectivity index (χ0v) is 12.2. The molecule has 2 aromatic rings. The Labute approximate surface area is 124 Å². The number of anilines is 1. The first-order valence-corrected chi connectivity index (χ1v) is 6.74. The van der Waals surface area contributed by atoms with Crippen molar-refractivity contribution in [3.8, 4) is 0 Å². The van der Waals surface area contributed by atoms with Crippen LogP contribution in [0.5, 0.6) is 0 Å². The van der Waals surface area contributed by atoms with Crippen LogP contribution in [0.15, 0.2) is 54.7 Å². The smallest absolute Gasteiger partial charge is 0.187 e. The Morgan fingerprint density at radius 3 is 2.65 bits per heavy atom. The number of ketones is 1. The van der Waals surface area contributed by atoms with Crippen LogP contribution >= 0.6 is 11.6 Å². The van der Waals surface area contributed by atoms with Crippen molar-refractivity contribution in [3.05, 3.63) is 76.5 Å². The number of carbonyl (C=O) groups is 1. The summed E-state index contributed by atoms with van der Waals surface area (Å²) < 4.78 is 0. The molecule has 102 valence electrons. The number of rotatable bonds is 4. The first-order chi connectivity index (χ1) is 9.56. The van der Waals surface area contributed by atoms with Crippen molar-refractivity contribution in [1.82, 2.24) is 0 Å². The highest BCUT2D eigenvalue weighted by atomic mass is 35.5. The highest BCUT2D eigenvalue weighted by Crippen LogP contribution is 2.15. The molecule has 2 nitrogen and oxygen atoms in total. The maximum atomic E-state index is 12.1. The van der Waals surface area contributed by atoms with Gasteiger partial charge in [0, 0.05) is 28.5 Å². The molecule has 0 radical (unpaired) electrons. The molecular formula is C17H16ClNO. The number of carbonyl (C=O) groups excluding carboxylic acids is 1. The van der Waals surface area contributed by atoms with Gasteiger partial charge in [-0.15, -0.1) is 0 Å². The summed E-state index contributed by atoms with van der Waals surface area (Å²) in [6, 6.07) is 13.1. The van der Waals surface area contributed by atoms with E-state index in [4.69, 9.17) is 11.6 Å². The SMILES string of the molecule is Cc1ccc(C(=O)/C=C/Nc2cccc(Cl)c2)c(C)c1. The molecule has 0 heterocycles. The third kappa shape index (κ3) is 3.72. The average molecular weight is 286 g/mol. The van der Waals surface area contributed by atoms with Gasteiger partial charge in [0.1, 0.15) is 0 Å². The summed E-state index contributed by atoms with van der Waals surface area (Å²) in [6.07, 6.45) is 3.16. The van der Waals surface area contributed by atoms with Crippen molar-refractivity contribution in [3.63, 3.8) is 0 Å². The fourth-order valence-corrected chi connectivity index (χ4v) is 2.16. The number of nitrogens with one attached hydrogen (secondary N) is 1. The second kappa shape index (κ2) is 6.40. The maximum absolute atomic E-state index is 12.1. The minimum absolute atomic E-state index is 0.0166. The molecule has 0 amide bonds. The van der Waals surface area contributed by atoms with Gasteiger partial charge in [-0.05, 0) is 37.6 Å². The molecule has 0 aliphatic rings. The third-order valence-corrected chi connectivity index (χ3v) is 3.19. The minimum Gasteiger partial charge on any atom is -0.362 e. The topological polar surface area (TPSA) is 29.1 Å². The fourth-order valence-electron chi connectivity index (χ4n) is 1.97. The number of aryl methyl sites for hydroxylation is 2. The zero-order valence-electron chi connectivity index (χ0n) is 11.5. The quantitative estimate of drug-likeness (QED) is 0.648. The average Bonchev–Trinajstić information content (AvgIpc) is 2.38. The van der Waals surface area contributed by atoms with Crippen LogP contribution < -0.4 is 5.32 Å². The number of halogens is 1. The van der Waals surface area contributed by atoms with Gasteiger partial charge in [0.15, 0.2) is 5.78 Å². The second-order valence-corrected chi connectivity index (χ2v) is 5.11. The molecular weight excluding hydrogens is 270 g/mol. The molecule has 0 saturated carbocycles. The Balaban J connectivity index is 2.06. The Hall–Kier alpha value is -2.06. The monoisotopic (exact) mass is 285 g/mol. The summed E-state index contributed by atoms with van der Waals surface area (Å²) in [5, 5.41) is 3.69. The summed E-state index contributed by atoms with van der Waals surface area (Å²) in [5.74, 6) is -0.0166. The molecule has 0 aliphatic heterocycles. The molecule has 0 fully saturated rings. The van der Waals surface area contributed by atoms with Crippen molar-refractivity contribution >= 4 is 23.1 Å². The predicted octanol–water partition coefficient (Wildman–Crippen LogP) is 4.77. The number of hydrogen-bond acceptors (Lipinski definition) is 2. The lowest BCUT2D eigenvalue weighted by molar-refractivity contribution is 0.104. The van der Waals surface area contributed by atoms with Crippen molar-refractivity contribution < 1.29 is 4.79 Å². The first-order valence-electron chi connectivity index (χ1n) is 6.36. The van der Waals surface area contributed by atoms with Gasteiger partial charge >= 0.3 is 0 Å². The Bertz CT molecular complexity index is 662. The summed E-state index contributed by atoms with van der Waals surface area (Å²) >= 11 is 5.89. The van der Waals surface area contributed by atoms with Crippen molar-refractivity contribution in [2.45, 2.75) is 13.8 Å². The van der Waals surface area contributed by atoms with Gasteiger partial charge in [-0.2, -0.15) is 0 Å². The Kier molecular flexibility index (Phi) is 4.59. The lowest BCUT2D eigenvalue weighted by atomic mass is 10.0. The molecule has 1 N–H and O–H groups in total. The van der Waals surface area contributed by atoms with Crippen LogP contribution in [0.3, 0.4) is 0 Å². The lowest BCUT2D eigenvalue weighted by Crippen LogP contribution is -1.99. The van der Waals surface area contributed by atoms with Crippen LogP contribution in [-0.2, 0) is 0 Å². The van der Waals surface area contributed by atoms with E-state index < -0.39 is 0 Å². The standard InChI is InChI=1S/C17H16ClNO/c1-12-6-7-16(13(2)10-12)17(20)8-9-19-15-5-3-4-14(18)11-15/h3-11,19H,1-2H3/b9-8+. The van der Waals surface area contributed by atoms with E-state index >= 15 is 0 Å². The number of allylic oxidation sites excluding steroid dienone is 1. The van der Waals surface area contributed by atoms with Gasteiger partial charge in [0.25, 0.3) is 0 Å². The Morgan fingerprint density at radius 2 is 1.95 bits per heavy atom. The fraction of sp³-hybridized carbons (Fsp3) is 0.118.